The van der Waals surface area contributed by atoms with Crippen molar-refractivity contribution in [3.63, 3.8) is 0 Å². The average Bonchev–Trinajstić information content (AvgIpc) is 2.40. The van der Waals surface area contributed by atoms with E-state index in [0.717, 1.165) is 31.6 Å². The van der Waals surface area contributed by atoms with Gasteiger partial charge in [0, 0.05) is 12.3 Å². The molecule has 1 fully saturated rings. The summed E-state index contributed by atoms with van der Waals surface area (Å²) in [7, 11) is 0. The Labute approximate surface area is 108 Å². The first-order valence-corrected chi connectivity index (χ1v) is 6.46. The molecule has 0 atom stereocenters. The van der Waals surface area contributed by atoms with Crippen molar-refractivity contribution < 1.29 is 9.90 Å². The number of piperidine rings is 1. The quantitative estimate of drug-likeness (QED) is 0.845. The fourth-order valence-corrected chi connectivity index (χ4v) is 2.25. The minimum Gasteiger partial charge on any atom is -0.396 e. The maximum Gasteiger partial charge on any atom is 0.238 e. The van der Waals surface area contributed by atoms with Crippen molar-refractivity contribution in [3.05, 3.63) is 30.3 Å². The number of anilines is 1. The molecule has 1 amide bonds. The zero-order valence-electron chi connectivity index (χ0n) is 10.5. The Hall–Kier alpha value is -1.39. The lowest BCUT2D eigenvalue weighted by Crippen LogP contribution is -2.39. The van der Waals surface area contributed by atoms with Gasteiger partial charge in [0.1, 0.15) is 0 Å². The molecule has 4 nitrogen and oxygen atoms in total. The van der Waals surface area contributed by atoms with Crippen molar-refractivity contribution >= 4 is 11.6 Å². The number of rotatable bonds is 4. The van der Waals surface area contributed by atoms with Gasteiger partial charge in [0.15, 0.2) is 0 Å². The number of hydrogen-bond acceptors (Lipinski definition) is 3. The van der Waals surface area contributed by atoms with E-state index in [4.69, 9.17) is 5.11 Å². The summed E-state index contributed by atoms with van der Waals surface area (Å²) in [4.78, 5) is 14.0. The normalized spacial score (nSPS) is 17.6. The maximum atomic E-state index is 11.8. The minimum absolute atomic E-state index is 0.0312. The molecule has 2 N–H and O–H groups in total. The van der Waals surface area contributed by atoms with Gasteiger partial charge in [-0.2, -0.15) is 0 Å². The van der Waals surface area contributed by atoms with Gasteiger partial charge in [-0.3, -0.25) is 9.69 Å². The molecule has 1 aromatic rings. The molecule has 0 unspecified atom stereocenters. The Morgan fingerprint density at radius 3 is 2.56 bits per heavy atom. The molecule has 4 heteroatoms. The lowest BCUT2D eigenvalue weighted by molar-refractivity contribution is -0.117. The summed E-state index contributed by atoms with van der Waals surface area (Å²) in [6, 6.07) is 9.51. The highest BCUT2D eigenvalue weighted by Gasteiger charge is 2.19. The van der Waals surface area contributed by atoms with E-state index in [1.165, 1.54) is 0 Å². The Morgan fingerprint density at radius 2 is 1.94 bits per heavy atom. The predicted molar refractivity (Wildman–Crippen MR) is 71.3 cm³/mol. The monoisotopic (exact) mass is 248 g/mol. The minimum atomic E-state index is 0.0312. The Bertz CT molecular complexity index is 373. The molecule has 2 rings (SSSR count). The molecule has 1 aliphatic heterocycles. The van der Waals surface area contributed by atoms with Gasteiger partial charge in [-0.15, -0.1) is 0 Å². The van der Waals surface area contributed by atoms with Crippen molar-refractivity contribution in [1.82, 2.24) is 4.90 Å². The number of carbonyl (C=O) groups excluding carboxylic acids is 1. The Kier molecular flexibility index (Phi) is 4.73. The van der Waals surface area contributed by atoms with Crippen LogP contribution >= 0.6 is 0 Å². The van der Waals surface area contributed by atoms with Gasteiger partial charge in [-0.25, -0.2) is 0 Å². The fourth-order valence-electron chi connectivity index (χ4n) is 2.25. The highest BCUT2D eigenvalue weighted by Crippen LogP contribution is 2.16. The van der Waals surface area contributed by atoms with Crippen LogP contribution < -0.4 is 5.32 Å². The third kappa shape index (κ3) is 3.82. The van der Waals surface area contributed by atoms with Crippen LogP contribution in [0.5, 0.6) is 0 Å². The number of likely N-dealkylation sites (tertiary alicyclic amines) is 1. The first-order valence-electron chi connectivity index (χ1n) is 6.46. The summed E-state index contributed by atoms with van der Waals surface area (Å²) in [5, 5.41) is 11.9. The fraction of sp³-hybridized carbons (Fsp3) is 0.500. The zero-order chi connectivity index (χ0) is 12.8. The van der Waals surface area contributed by atoms with Crippen LogP contribution in [0.3, 0.4) is 0 Å². The van der Waals surface area contributed by atoms with Gasteiger partial charge in [-0.1, -0.05) is 18.2 Å². The average molecular weight is 248 g/mol. The van der Waals surface area contributed by atoms with Crippen LogP contribution in [0.25, 0.3) is 0 Å². The first kappa shape index (κ1) is 13.1. The van der Waals surface area contributed by atoms with Gasteiger partial charge in [0.05, 0.1) is 6.54 Å². The van der Waals surface area contributed by atoms with Crippen LogP contribution in [-0.2, 0) is 4.79 Å². The van der Waals surface area contributed by atoms with Crippen LogP contribution in [-0.4, -0.2) is 42.2 Å². The summed E-state index contributed by atoms with van der Waals surface area (Å²) in [6.07, 6.45) is 1.96. The summed E-state index contributed by atoms with van der Waals surface area (Å²) in [6.45, 7) is 2.50. The van der Waals surface area contributed by atoms with Crippen LogP contribution in [0, 0.1) is 5.92 Å². The number of nitrogens with zero attached hydrogens (tertiary/aromatic N) is 1. The van der Waals surface area contributed by atoms with E-state index >= 15 is 0 Å². The number of hydrogen-bond donors (Lipinski definition) is 2. The van der Waals surface area contributed by atoms with Gasteiger partial charge in [0.2, 0.25) is 5.91 Å². The van der Waals surface area contributed by atoms with Crippen molar-refractivity contribution in [2.24, 2.45) is 5.92 Å². The smallest absolute Gasteiger partial charge is 0.238 e. The third-order valence-electron chi connectivity index (χ3n) is 3.39. The summed E-state index contributed by atoms with van der Waals surface area (Å²) in [5.74, 6) is 0.446. The molecule has 1 heterocycles. The number of nitrogens with one attached hydrogen (secondary N) is 1. The second-order valence-electron chi connectivity index (χ2n) is 4.82. The van der Waals surface area contributed by atoms with Crippen LogP contribution in [0.2, 0.25) is 0 Å². The van der Waals surface area contributed by atoms with Crippen molar-refractivity contribution in [3.8, 4) is 0 Å². The van der Waals surface area contributed by atoms with Crippen molar-refractivity contribution in [1.29, 1.82) is 0 Å². The number of para-hydroxylation sites is 1. The standard InChI is InChI=1S/C14H20N2O2/c17-11-12-6-8-16(9-7-12)10-14(18)15-13-4-2-1-3-5-13/h1-5,12,17H,6-11H2,(H,15,18). The van der Waals surface area contributed by atoms with Crippen molar-refractivity contribution in [2.75, 3.05) is 31.6 Å². The van der Waals surface area contributed by atoms with E-state index < -0.39 is 0 Å². The van der Waals surface area contributed by atoms with E-state index in [1.54, 1.807) is 0 Å². The summed E-state index contributed by atoms with van der Waals surface area (Å²) >= 11 is 0. The summed E-state index contributed by atoms with van der Waals surface area (Å²) in [5.41, 5.74) is 0.841. The van der Waals surface area contributed by atoms with E-state index in [2.05, 4.69) is 10.2 Å². The van der Waals surface area contributed by atoms with Crippen LogP contribution in [0.15, 0.2) is 30.3 Å². The lowest BCUT2D eigenvalue weighted by Gasteiger charge is -2.30. The van der Waals surface area contributed by atoms with E-state index in [9.17, 15) is 4.79 Å². The number of aliphatic hydroxyl groups excluding tert-OH is 1. The lowest BCUT2D eigenvalue weighted by atomic mass is 9.98. The summed E-state index contributed by atoms with van der Waals surface area (Å²) < 4.78 is 0. The molecule has 0 spiro atoms. The van der Waals surface area contributed by atoms with Gasteiger partial charge < -0.3 is 10.4 Å². The Balaban J connectivity index is 1.75. The molecule has 0 radical (unpaired) electrons. The predicted octanol–water partition coefficient (Wildman–Crippen LogP) is 1.33. The molecule has 0 saturated carbocycles. The third-order valence-corrected chi connectivity index (χ3v) is 3.39. The molecular weight excluding hydrogens is 228 g/mol. The molecule has 1 saturated heterocycles. The highest BCUT2D eigenvalue weighted by molar-refractivity contribution is 5.92. The van der Waals surface area contributed by atoms with E-state index in [-0.39, 0.29) is 12.5 Å². The molecule has 98 valence electrons. The number of carbonyl (C=O) groups is 1. The van der Waals surface area contributed by atoms with Gasteiger partial charge >= 0.3 is 0 Å². The molecule has 0 aromatic heterocycles. The Morgan fingerprint density at radius 1 is 1.28 bits per heavy atom. The number of amides is 1. The first-order chi connectivity index (χ1) is 8.78. The van der Waals surface area contributed by atoms with Crippen LogP contribution in [0.1, 0.15) is 12.8 Å². The highest BCUT2D eigenvalue weighted by atomic mass is 16.3. The van der Waals surface area contributed by atoms with E-state index in [1.807, 2.05) is 30.3 Å². The van der Waals surface area contributed by atoms with Crippen molar-refractivity contribution in [2.45, 2.75) is 12.8 Å². The second-order valence-corrected chi connectivity index (χ2v) is 4.82. The zero-order valence-corrected chi connectivity index (χ0v) is 10.5. The number of aliphatic hydroxyl groups is 1. The molecule has 1 aliphatic rings. The maximum absolute atomic E-state index is 11.8. The number of benzene rings is 1. The van der Waals surface area contributed by atoms with E-state index in [0.29, 0.717) is 12.5 Å². The van der Waals surface area contributed by atoms with Gasteiger partial charge in [-0.05, 0) is 44.0 Å². The van der Waals surface area contributed by atoms with Crippen LogP contribution in [0.4, 0.5) is 5.69 Å². The molecular formula is C14H20N2O2. The molecule has 0 aliphatic carbocycles. The molecule has 1 aromatic carbocycles. The molecule has 18 heavy (non-hydrogen) atoms. The SMILES string of the molecule is O=C(CN1CCC(CO)CC1)Nc1ccccc1. The largest absolute Gasteiger partial charge is 0.396 e. The topological polar surface area (TPSA) is 52.6 Å². The molecule has 0 bridgehead atoms. The van der Waals surface area contributed by atoms with Gasteiger partial charge in [0.25, 0.3) is 0 Å². The second kappa shape index (κ2) is 6.52.